The van der Waals surface area contributed by atoms with Gasteiger partial charge in [-0.1, -0.05) is 20.8 Å². The van der Waals surface area contributed by atoms with Crippen LogP contribution in [0.5, 0.6) is 0 Å². The minimum atomic E-state index is 0.0520. The van der Waals surface area contributed by atoms with Gasteiger partial charge in [-0.05, 0) is 46.8 Å². The second-order valence-electron chi connectivity index (χ2n) is 6.24. The van der Waals surface area contributed by atoms with Gasteiger partial charge in [-0.2, -0.15) is 0 Å². The summed E-state index contributed by atoms with van der Waals surface area (Å²) < 4.78 is 2.79. The number of carbonyl (C=O) groups is 1. The van der Waals surface area contributed by atoms with Crippen molar-refractivity contribution < 1.29 is 4.79 Å². The van der Waals surface area contributed by atoms with E-state index >= 15 is 0 Å². The zero-order valence-corrected chi connectivity index (χ0v) is 13.9. The van der Waals surface area contributed by atoms with Crippen LogP contribution in [0.25, 0.3) is 5.65 Å². The molecule has 20 heavy (non-hydrogen) atoms. The highest BCUT2D eigenvalue weighted by Crippen LogP contribution is 2.22. The lowest BCUT2D eigenvalue weighted by Crippen LogP contribution is -2.15. The first-order valence-electron chi connectivity index (χ1n) is 6.70. The lowest BCUT2D eigenvalue weighted by Gasteiger charge is -2.17. The Hall–Kier alpha value is -1.36. The molecule has 0 bridgehead atoms. The molecule has 0 saturated carbocycles. The van der Waals surface area contributed by atoms with Crippen molar-refractivity contribution in [1.82, 2.24) is 9.38 Å². The van der Waals surface area contributed by atoms with Crippen LogP contribution in [0.15, 0.2) is 22.9 Å². The summed E-state index contributed by atoms with van der Waals surface area (Å²) >= 11 is 3.41. The number of halogens is 1. The third-order valence-corrected chi connectivity index (χ3v) is 3.94. The highest BCUT2D eigenvalue weighted by atomic mass is 79.9. The molecular weight excluding hydrogens is 318 g/mol. The number of hydrogen-bond donors (Lipinski definition) is 1. The molecule has 4 nitrogen and oxygen atoms in total. The van der Waals surface area contributed by atoms with Crippen LogP contribution in [0, 0.1) is 12.3 Å². The van der Waals surface area contributed by atoms with E-state index in [0.29, 0.717) is 6.42 Å². The second-order valence-corrected chi connectivity index (χ2v) is 6.99. The van der Waals surface area contributed by atoms with E-state index in [9.17, 15) is 4.79 Å². The lowest BCUT2D eigenvalue weighted by molar-refractivity contribution is -0.116. The van der Waals surface area contributed by atoms with Crippen LogP contribution in [0.2, 0.25) is 0 Å². The third-order valence-electron chi connectivity index (χ3n) is 3.19. The number of rotatable bonds is 3. The van der Waals surface area contributed by atoms with E-state index in [4.69, 9.17) is 0 Å². The van der Waals surface area contributed by atoms with Gasteiger partial charge < -0.3 is 9.72 Å². The molecule has 0 fully saturated rings. The van der Waals surface area contributed by atoms with Crippen molar-refractivity contribution in [2.24, 2.45) is 5.41 Å². The summed E-state index contributed by atoms with van der Waals surface area (Å²) in [7, 11) is 0. The highest BCUT2D eigenvalue weighted by Gasteiger charge is 2.13. The SMILES string of the molecule is Cc1c(Br)nc2ccc(NC(=O)CCC(C)(C)C)cn12. The number of aromatic nitrogens is 2. The van der Waals surface area contributed by atoms with Gasteiger partial charge in [0.15, 0.2) is 0 Å². The van der Waals surface area contributed by atoms with E-state index in [1.807, 2.05) is 29.7 Å². The standard InChI is InChI=1S/C15H20BrN3O/c1-10-14(16)18-12-6-5-11(9-19(10)12)17-13(20)7-8-15(2,3)4/h5-6,9H,7-8H2,1-4H3,(H,17,20). The third kappa shape index (κ3) is 3.60. The Balaban J connectivity index is 2.10. The zero-order valence-electron chi connectivity index (χ0n) is 12.3. The molecule has 0 spiro atoms. The van der Waals surface area contributed by atoms with E-state index < -0.39 is 0 Å². The normalized spacial score (nSPS) is 11.8. The molecule has 0 radical (unpaired) electrons. The van der Waals surface area contributed by atoms with E-state index in [-0.39, 0.29) is 11.3 Å². The number of anilines is 1. The van der Waals surface area contributed by atoms with Gasteiger partial charge >= 0.3 is 0 Å². The molecule has 1 N–H and O–H groups in total. The maximum Gasteiger partial charge on any atom is 0.224 e. The van der Waals surface area contributed by atoms with Gasteiger partial charge in [-0.15, -0.1) is 0 Å². The summed E-state index contributed by atoms with van der Waals surface area (Å²) in [6.07, 6.45) is 3.31. The Labute approximate surface area is 127 Å². The van der Waals surface area contributed by atoms with Crippen LogP contribution < -0.4 is 5.32 Å². The zero-order chi connectivity index (χ0) is 14.9. The lowest BCUT2D eigenvalue weighted by atomic mass is 9.90. The first kappa shape index (κ1) is 15.0. The molecule has 2 rings (SSSR count). The van der Waals surface area contributed by atoms with Gasteiger partial charge in [-0.3, -0.25) is 4.79 Å². The van der Waals surface area contributed by atoms with Crippen molar-refractivity contribution in [3.05, 3.63) is 28.6 Å². The van der Waals surface area contributed by atoms with Crippen molar-refractivity contribution >= 4 is 33.2 Å². The fourth-order valence-electron chi connectivity index (χ4n) is 1.92. The Morgan fingerprint density at radius 3 is 2.75 bits per heavy atom. The number of nitrogens with one attached hydrogen (secondary N) is 1. The van der Waals surface area contributed by atoms with Crippen LogP contribution in [-0.2, 0) is 4.79 Å². The average Bonchev–Trinajstić information content (AvgIpc) is 2.63. The molecule has 108 valence electrons. The largest absolute Gasteiger partial charge is 0.325 e. The Morgan fingerprint density at radius 1 is 1.40 bits per heavy atom. The van der Waals surface area contributed by atoms with Gasteiger partial charge in [0.05, 0.1) is 11.4 Å². The number of fused-ring (bicyclic) bond motifs is 1. The summed E-state index contributed by atoms with van der Waals surface area (Å²) in [6.45, 7) is 8.39. The number of carbonyl (C=O) groups excluding carboxylic acids is 1. The molecule has 2 aromatic heterocycles. The Kier molecular flexibility index (Phi) is 4.18. The number of pyridine rings is 1. The molecule has 0 aromatic carbocycles. The van der Waals surface area contributed by atoms with Crippen molar-refractivity contribution in [2.45, 2.75) is 40.5 Å². The maximum atomic E-state index is 11.9. The van der Waals surface area contributed by atoms with Crippen LogP contribution in [0.4, 0.5) is 5.69 Å². The first-order valence-corrected chi connectivity index (χ1v) is 7.50. The van der Waals surface area contributed by atoms with Crippen LogP contribution in [0.1, 0.15) is 39.3 Å². The van der Waals surface area contributed by atoms with Gasteiger partial charge in [0, 0.05) is 12.6 Å². The molecule has 0 unspecified atom stereocenters. The molecule has 0 saturated heterocycles. The predicted octanol–water partition coefficient (Wildman–Crippen LogP) is 4.17. The summed E-state index contributed by atoms with van der Waals surface area (Å²) in [5, 5.41) is 2.94. The number of nitrogens with zero attached hydrogens (tertiary/aromatic N) is 2. The second kappa shape index (κ2) is 5.56. The quantitative estimate of drug-likeness (QED) is 0.913. The van der Waals surface area contributed by atoms with Gasteiger partial charge in [0.25, 0.3) is 0 Å². The molecule has 0 aliphatic rings. The average molecular weight is 338 g/mol. The molecule has 0 aliphatic heterocycles. The molecule has 0 aliphatic carbocycles. The van der Waals surface area contributed by atoms with Crippen LogP contribution in [-0.4, -0.2) is 15.3 Å². The van der Waals surface area contributed by atoms with E-state index in [2.05, 4.69) is 47.0 Å². The first-order chi connectivity index (χ1) is 9.26. The monoisotopic (exact) mass is 337 g/mol. The van der Waals surface area contributed by atoms with Crippen molar-refractivity contribution in [2.75, 3.05) is 5.32 Å². The van der Waals surface area contributed by atoms with Crippen molar-refractivity contribution in [3.8, 4) is 0 Å². The molecule has 5 heteroatoms. The summed E-state index contributed by atoms with van der Waals surface area (Å²) in [6, 6.07) is 3.78. The number of imidazole rings is 1. The predicted molar refractivity (Wildman–Crippen MR) is 84.9 cm³/mol. The fraction of sp³-hybridized carbons (Fsp3) is 0.467. The van der Waals surface area contributed by atoms with Crippen molar-refractivity contribution in [1.29, 1.82) is 0 Å². The Morgan fingerprint density at radius 2 is 2.10 bits per heavy atom. The number of aryl methyl sites for hydroxylation is 1. The molecule has 2 heterocycles. The summed E-state index contributed by atoms with van der Waals surface area (Å²) in [5.41, 5.74) is 2.85. The summed E-state index contributed by atoms with van der Waals surface area (Å²) in [5.74, 6) is 0.0520. The molecule has 2 aromatic rings. The van der Waals surface area contributed by atoms with Crippen LogP contribution in [0.3, 0.4) is 0 Å². The topological polar surface area (TPSA) is 46.4 Å². The highest BCUT2D eigenvalue weighted by molar-refractivity contribution is 9.10. The molecule has 0 atom stereocenters. The van der Waals surface area contributed by atoms with Gasteiger partial charge in [-0.25, -0.2) is 4.98 Å². The number of amides is 1. The Bertz CT molecular complexity index is 640. The maximum absolute atomic E-state index is 11.9. The fourth-order valence-corrected chi connectivity index (χ4v) is 2.29. The van der Waals surface area contributed by atoms with Gasteiger partial charge in [0.1, 0.15) is 10.3 Å². The molecule has 1 amide bonds. The van der Waals surface area contributed by atoms with Gasteiger partial charge in [0.2, 0.25) is 5.91 Å². The van der Waals surface area contributed by atoms with E-state index in [0.717, 1.165) is 28.1 Å². The minimum Gasteiger partial charge on any atom is -0.325 e. The van der Waals surface area contributed by atoms with Crippen molar-refractivity contribution in [3.63, 3.8) is 0 Å². The van der Waals surface area contributed by atoms with Crippen LogP contribution >= 0.6 is 15.9 Å². The number of hydrogen-bond acceptors (Lipinski definition) is 2. The minimum absolute atomic E-state index is 0.0520. The van der Waals surface area contributed by atoms with E-state index in [1.54, 1.807) is 0 Å². The van der Waals surface area contributed by atoms with E-state index in [1.165, 1.54) is 0 Å². The summed E-state index contributed by atoms with van der Waals surface area (Å²) in [4.78, 5) is 16.3. The smallest absolute Gasteiger partial charge is 0.224 e. The molecular formula is C15H20BrN3O.